The standard InChI is InChI=1S/C48H30O/c1-3-14-31(15-4-1)33-26-27-44-43(29-33)48-41(24-13-25-45(48)49-44)46-37-20-9-11-22-39(37)47(40-23-12-10-21-38(40)46)42-30-35(32-16-5-2-6-17-32)28-34-18-7-8-19-36(34)42/h1-30H/i1D,2D,3D,4D,5D,6D,13D,14D,15D,16D,17D,24D,25D,26D,27D,29D. The number of furan rings is 1. The van der Waals surface area contributed by atoms with Gasteiger partial charge in [0.05, 0.1) is 21.9 Å². The van der Waals surface area contributed by atoms with E-state index in [-0.39, 0.29) is 45.2 Å². The zero-order valence-corrected chi connectivity index (χ0v) is 25.5. The Morgan fingerprint density at radius 3 is 1.61 bits per heavy atom. The van der Waals surface area contributed by atoms with Gasteiger partial charge in [-0.05, 0) is 107 Å². The van der Waals surface area contributed by atoms with E-state index in [9.17, 15) is 2.74 Å². The molecule has 0 atom stereocenters. The van der Waals surface area contributed by atoms with Crippen LogP contribution in [0.2, 0.25) is 0 Å². The Kier molecular flexibility index (Phi) is 3.64. The molecule has 0 unspecified atom stereocenters. The number of benzene rings is 9. The van der Waals surface area contributed by atoms with E-state index >= 15 is 0 Å². The molecule has 228 valence electrons. The van der Waals surface area contributed by atoms with Crippen LogP contribution in [0.25, 0.3) is 98.8 Å². The molecule has 0 saturated carbocycles. The van der Waals surface area contributed by atoms with E-state index in [1.807, 2.05) is 60.7 Å². The zero-order chi connectivity index (χ0) is 46.2. The van der Waals surface area contributed by atoms with E-state index in [0.29, 0.717) is 43.8 Å². The van der Waals surface area contributed by atoms with Gasteiger partial charge in [0.1, 0.15) is 11.2 Å². The van der Waals surface area contributed by atoms with Crippen LogP contribution in [0.3, 0.4) is 0 Å². The van der Waals surface area contributed by atoms with Crippen LogP contribution in [0, 0.1) is 0 Å². The predicted octanol–water partition coefficient (Wildman–Crippen LogP) is 13.7. The van der Waals surface area contributed by atoms with Gasteiger partial charge in [-0.2, -0.15) is 0 Å². The number of fused-ring (bicyclic) bond motifs is 6. The van der Waals surface area contributed by atoms with Crippen molar-refractivity contribution in [3.05, 3.63) is 182 Å². The summed E-state index contributed by atoms with van der Waals surface area (Å²) in [5.41, 5.74) is 0.783. The second kappa shape index (κ2) is 11.1. The van der Waals surface area contributed by atoms with E-state index in [4.69, 9.17) is 23.6 Å². The average Bonchev–Trinajstić information content (AvgIpc) is 3.71. The highest BCUT2D eigenvalue weighted by Gasteiger charge is 2.21. The van der Waals surface area contributed by atoms with Crippen molar-refractivity contribution in [2.75, 3.05) is 0 Å². The summed E-state index contributed by atoms with van der Waals surface area (Å²) in [5.74, 6) is 0. The smallest absolute Gasteiger partial charge is 0.136 e. The third-order valence-corrected chi connectivity index (χ3v) is 8.92. The molecule has 0 bridgehead atoms. The molecule has 0 amide bonds. The van der Waals surface area contributed by atoms with E-state index in [1.165, 1.54) is 0 Å². The maximum atomic E-state index is 9.63. The summed E-state index contributed by atoms with van der Waals surface area (Å²) < 4.78 is 147. The minimum absolute atomic E-state index is 0.00481. The van der Waals surface area contributed by atoms with Crippen molar-refractivity contribution in [2.24, 2.45) is 0 Å². The van der Waals surface area contributed by atoms with Crippen LogP contribution in [-0.2, 0) is 0 Å². The van der Waals surface area contributed by atoms with Gasteiger partial charge in [-0.1, -0.05) is 151 Å². The molecule has 0 radical (unpaired) electrons. The maximum Gasteiger partial charge on any atom is 0.136 e. The maximum absolute atomic E-state index is 9.63. The van der Waals surface area contributed by atoms with Crippen molar-refractivity contribution in [2.45, 2.75) is 0 Å². The van der Waals surface area contributed by atoms with Crippen LogP contribution in [0.5, 0.6) is 0 Å². The van der Waals surface area contributed by atoms with Crippen molar-refractivity contribution in [1.82, 2.24) is 0 Å². The van der Waals surface area contributed by atoms with Gasteiger partial charge in [-0.25, -0.2) is 0 Å². The summed E-state index contributed by atoms with van der Waals surface area (Å²) in [6, 6.07) is 16.9. The minimum Gasteiger partial charge on any atom is -0.456 e. The fraction of sp³-hybridized carbons (Fsp3) is 0. The molecule has 0 saturated heterocycles. The molecule has 10 rings (SSSR count). The average molecular weight is 639 g/mol. The van der Waals surface area contributed by atoms with Gasteiger partial charge in [-0.3, -0.25) is 0 Å². The summed E-state index contributed by atoms with van der Waals surface area (Å²) in [4.78, 5) is 0. The fourth-order valence-electron chi connectivity index (χ4n) is 6.89. The molecule has 1 nitrogen and oxygen atoms in total. The lowest BCUT2D eigenvalue weighted by atomic mass is 9.83. The Morgan fingerprint density at radius 1 is 0.388 bits per heavy atom. The van der Waals surface area contributed by atoms with Crippen LogP contribution in [0.4, 0.5) is 0 Å². The van der Waals surface area contributed by atoms with Gasteiger partial charge >= 0.3 is 0 Å². The Hall–Kier alpha value is -6.44. The number of hydrogen-bond acceptors (Lipinski definition) is 1. The molecule has 0 N–H and O–H groups in total. The summed E-state index contributed by atoms with van der Waals surface area (Å²) in [5, 5.41) is 3.77. The SMILES string of the molecule is [2H]c1c([2H])c([2H])c(-c2cc(-c3c4ccccc4c(-c4c([2H])c([2H])c([2H])c5oc6c([2H])c([2H])c(-c7c([2H])c([2H])c([2H])c([2H])c7[2H])c([2H])c6c45)c4ccccc34)c3ccccc3c2)c([2H])c1[2H]. The first-order chi connectivity index (χ1) is 31.0. The summed E-state index contributed by atoms with van der Waals surface area (Å²) in [6.45, 7) is 0. The molecule has 1 heteroatoms. The Morgan fingerprint density at radius 2 is 0.959 bits per heavy atom. The fourth-order valence-corrected chi connectivity index (χ4v) is 6.89. The first-order valence-electron chi connectivity index (χ1n) is 23.5. The summed E-state index contributed by atoms with van der Waals surface area (Å²) in [7, 11) is 0. The highest BCUT2D eigenvalue weighted by atomic mass is 16.3. The van der Waals surface area contributed by atoms with Gasteiger partial charge in [0, 0.05) is 10.8 Å². The van der Waals surface area contributed by atoms with Crippen LogP contribution in [0.15, 0.2) is 186 Å². The lowest BCUT2D eigenvalue weighted by Gasteiger charge is -2.20. The molecule has 1 aromatic heterocycles. The molecule has 10 aromatic rings. The number of hydrogen-bond donors (Lipinski definition) is 0. The summed E-state index contributed by atoms with van der Waals surface area (Å²) >= 11 is 0. The molecular weight excluding hydrogens is 593 g/mol. The zero-order valence-electron chi connectivity index (χ0n) is 41.5. The highest BCUT2D eigenvalue weighted by Crippen LogP contribution is 2.48. The molecule has 1 heterocycles. The lowest BCUT2D eigenvalue weighted by Crippen LogP contribution is -1.93. The minimum atomic E-state index is -0.699. The largest absolute Gasteiger partial charge is 0.456 e. The molecule has 0 spiro atoms. The topological polar surface area (TPSA) is 13.1 Å². The molecule has 0 aliphatic heterocycles. The van der Waals surface area contributed by atoms with Crippen molar-refractivity contribution in [3.63, 3.8) is 0 Å². The van der Waals surface area contributed by atoms with Gasteiger partial charge in [0.25, 0.3) is 0 Å². The van der Waals surface area contributed by atoms with Gasteiger partial charge in [0.2, 0.25) is 0 Å². The van der Waals surface area contributed by atoms with Crippen molar-refractivity contribution in [1.29, 1.82) is 0 Å². The quantitative estimate of drug-likeness (QED) is 0.175. The lowest BCUT2D eigenvalue weighted by molar-refractivity contribution is 0.669. The molecule has 9 aromatic carbocycles. The summed E-state index contributed by atoms with van der Waals surface area (Å²) in [6.07, 6.45) is 0. The Bertz CT molecular complexity index is 3680. The first kappa shape index (κ1) is 16.1. The normalized spacial score (nSPS) is 16.2. The van der Waals surface area contributed by atoms with Gasteiger partial charge < -0.3 is 4.42 Å². The van der Waals surface area contributed by atoms with Crippen molar-refractivity contribution in [3.8, 4) is 44.5 Å². The van der Waals surface area contributed by atoms with Crippen LogP contribution >= 0.6 is 0 Å². The molecule has 0 aliphatic carbocycles. The van der Waals surface area contributed by atoms with E-state index in [1.54, 1.807) is 24.3 Å². The van der Waals surface area contributed by atoms with Gasteiger partial charge in [0.15, 0.2) is 0 Å². The molecule has 0 fully saturated rings. The second-order valence-electron chi connectivity index (χ2n) is 11.6. The van der Waals surface area contributed by atoms with Crippen LogP contribution in [0.1, 0.15) is 21.9 Å². The Labute approximate surface area is 306 Å². The van der Waals surface area contributed by atoms with E-state index in [2.05, 4.69) is 0 Å². The molecule has 49 heavy (non-hydrogen) atoms. The Balaban J connectivity index is 1.38. The monoisotopic (exact) mass is 638 g/mol. The molecule has 0 aliphatic rings. The third-order valence-electron chi connectivity index (χ3n) is 8.92. The second-order valence-corrected chi connectivity index (χ2v) is 11.6. The predicted molar refractivity (Wildman–Crippen MR) is 208 cm³/mol. The van der Waals surface area contributed by atoms with E-state index in [0.717, 1.165) is 10.8 Å². The molecular formula is C48H30O. The third kappa shape index (κ3) is 4.40. The number of rotatable bonds is 4. The van der Waals surface area contributed by atoms with Gasteiger partial charge in [-0.15, -0.1) is 0 Å². The first-order valence-corrected chi connectivity index (χ1v) is 15.5. The van der Waals surface area contributed by atoms with Crippen LogP contribution < -0.4 is 0 Å². The van der Waals surface area contributed by atoms with Crippen molar-refractivity contribution >= 4 is 54.3 Å². The van der Waals surface area contributed by atoms with Crippen molar-refractivity contribution < 1.29 is 26.3 Å². The van der Waals surface area contributed by atoms with Crippen LogP contribution in [-0.4, -0.2) is 0 Å². The highest BCUT2D eigenvalue weighted by molar-refractivity contribution is 6.27. The van der Waals surface area contributed by atoms with E-state index < -0.39 is 95.7 Å².